The molecule has 1 heterocycles. The monoisotopic (exact) mass is 502 g/mol. The van der Waals surface area contributed by atoms with Crippen LogP contribution < -0.4 is 10.2 Å². The Morgan fingerprint density at radius 3 is 2.34 bits per heavy atom. The summed E-state index contributed by atoms with van der Waals surface area (Å²) >= 11 is 6.48. The molecule has 0 saturated carbocycles. The van der Waals surface area contributed by atoms with Gasteiger partial charge in [-0.2, -0.15) is 5.01 Å². The van der Waals surface area contributed by atoms with Gasteiger partial charge in [0.2, 0.25) is 0 Å². The second kappa shape index (κ2) is 10.5. The zero-order chi connectivity index (χ0) is 25.0. The molecule has 0 atom stereocenters. The number of hydrogen-bond donors (Lipinski definition) is 1. The number of hydrogen-bond acceptors (Lipinski definition) is 5. The SMILES string of the molecule is CC(C)(C)c1ccc(COc2ccccc2/C=C2/SC(=S)N(NC(=O)c3ccccc3)C2=O)cc1. The largest absolute Gasteiger partial charge is 0.488 e. The van der Waals surface area contributed by atoms with Gasteiger partial charge in [-0.25, -0.2) is 0 Å². The summed E-state index contributed by atoms with van der Waals surface area (Å²) in [6, 6.07) is 24.6. The molecule has 0 spiro atoms. The van der Waals surface area contributed by atoms with Crippen LogP contribution >= 0.6 is 24.0 Å². The lowest BCUT2D eigenvalue weighted by Gasteiger charge is -2.19. The number of thiocarbonyl (C=S) groups is 1. The van der Waals surface area contributed by atoms with Gasteiger partial charge in [-0.1, -0.05) is 93.2 Å². The van der Waals surface area contributed by atoms with Crippen molar-refractivity contribution in [3.05, 3.63) is 106 Å². The number of para-hydroxylation sites is 1. The number of ether oxygens (including phenoxy) is 1. The van der Waals surface area contributed by atoms with E-state index in [1.165, 1.54) is 5.56 Å². The molecule has 4 rings (SSSR count). The first-order valence-corrected chi connectivity index (χ1v) is 12.4. The topological polar surface area (TPSA) is 58.6 Å². The summed E-state index contributed by atoms with van der Waals surface area (Å²) in [5, 5.41) is 1.11. The molecule has 1 N–H and O–H groups in total. The van der Waals surface area contributed by atoms with E-state index < -0.39 is 5.91 Å². The lowest BCUT2D eigenvalue weighted by atomic mass is 9.87. The zero-order valence-electron chi connectivity index (χ0n) is 19.8. The van der Waals surface area contributed by atoms with Crippen molar-refractivity contribution >= 4 is 46.2 Å². The molecule has 0 radical (unpaired) electrons. The predicted octanol–water partition coefficient (Wildman–Crippen LogP) is 6.11. The maximum atomic E-state index is 13.0. The van der Waals surface area contributed by atoms with E-state index in [1.807, 2.05) is 30.3 Å². The van der Waals surface area contributed by atoms with Crippen LogP contribution in [0.2, 0.25) is 0 Å². The molecule has 1 aliphatic heterocycles. The zero-order valence-corrected chi connectivity index (χ0v) is 21.4. The van der Waals surface area contributed by atoms with E-state index in [9.17, 15) is 9.59 Å². The number of rotatable bonds is 6. The Balaban J connectivity index is 1.47. The number of hydrazine groups is 1. The van der Waals surface area contributed by atoms with Crippen LogP contribution in [0.5, 0.6) is 5.75 Å². The second-order valence-corrected chi connectivity index (χ2v) is 10.8. The highest BCUT2D eigenvalue weighted by molar-refractivity contribution is 8.26. The van der Waals surface area contributed by atoms with Crippen LogP contribution in [0, 0.1) is 0 Å². The fourth-order valence-electron chi connectivity index (χ4n) is 3.45. The van der Waals surface area contributed by atoms with Crippen molar-refractivity contribution in [2.45, 2.75) is 32.8 Å². The van der Waals surface area contributed by atoms with Crippen molar-refractivity contribution in [1.82, 2.24) is 10.4 Å². The normalized spacial score (nSPS) is 14.9. The Labute approximate surface area is 215 Å². The lowest BCUT2D eigenvalue weighted by Crippen LogP contribution is -2.44. The van der Waals surface area contributed by atoms with Gasteiger partial charge in [0, 0.05) is 11.1 Å². The quantitative estimate of drug-likeness (QED) is 0.326. The number of thioether (sulfide) groups is 1. The third-order valence-electron chi connectivity index (χ3n) is 5.46. The van der Waals surface area contributed by atoms with Crippen molar-refractivity contribution in [2.75, 3.05) is 0 Å². The molecule has 7 heteroatoms. The number of carbonyl (C=O) groups is 2. The smallest absolute Gasteiger partial charge is 0.285 e. The van der Waals surface area contributed by atoms with Crippen molar-refractivity contribution in [2.24, 2.45) is 0 Å². The van der Waals surface area contributed by atoms with Gasteiger partial charge in [0.1, 0.15) is 12.4 Å². The summed E-state index contributed by atoms with van der Waals surface area (Å²) in [4.78, 5) is 25.9. The Bertz CT molecular complexity index is 1280. The molecular formula is C28H26N2O3S2. The standard InChI is InChI=1S/C28H26N2O3S2/c1-28(2,3)22-15-13-19(14-16-22)18-33-23-12-8-7-11-21(23)17-24-26(32)30(27(34)35-24)29-25(31)20-9-5-4-6-10-20/h4-17H,18H2,1-3H3,(H,29,31)/b24-17+. The first-order chi connectivity index (χ1) is 16.7. The van der Waals surface area contributed by atoms with Gasteiger partial charge in [-0.3, -0.25) is 15.0 Å². The van der Waals surface area contributed by atoms with E-state index in [-0.39, 0.29) is 15.6 Å². The molecule has 0 aromatic heterocycles. The van der Waals surface area contributed by atoms with Gasteiger partial charge in [0.25, 0.3) is 11.8 Å². The molecule has 0 unspecified atom stereocenters. The van der Waals surface area contributed by atoms with Crippen molar-refractivity contribution in [3.8, 4) is 5.75 Å². The maximum Gasteiger partial charge on any atom is 0.285 e. The minimum absolute atomic E-state index is 0.0959. The highest BCUT2D eigenvalue weighted by Gasteiger charge is 2.34. The lowest BCUT2D eigenvalue weighted by molar-refractivity contribution is -0.123. The van der Waals surface area contributed by atoms with E-state index in [0.29, 0.717) is 22.8 Å². The average molecular weight is 503 g/mol. The molecule has 3 aromatic rings. The number of carbonyl (C=O) groups excluding carboxylic acids is 2. The molecule has 1 saturated heterocycles. The Kier molecular flexibility index (Phi) is 7.38. The summed E-state index contributed by atoms with van der Waals surface area (Å²) in [5.74, 6) is -0.118. The van der Waals surface area contributed by atoms with Crippen LogP contribution in [-0.4, -0.2) is 21.1 Å². The van der Waals surface area contributed by atoms with Crippen LogP contribution in [0.3, 0.4) is 0 Å². The number of benzene rings is 3. The fraction of sp³-hybridized carbons (Fsp3) is 0.179. The molecule has 35 heavy (non-hydrogen) atoms. The molecule has 0 aliphatic carbocycles. The van der Waals surface area contributed by atoms with E-state index in [1.54, 1.807) is 30.3 Å². The maximum absolute atomic E-state index is 13.0. The highest BCUT2D eigenvalue weighted by Crippen LogP contribution is 2.33. The van der Waals surface area contributed by atoms with Gasteiger partial charge < -0.3 is 4.74 Å². The molecule has 1 aliphatic rings. The summed E-state index contributed by atoms with van der Waals surface area (Å²) in [6.45, 7) is 6.96. The fourth-order valence-corrected chi connectivity index (χ4v) is 4.62. The van der Waals surface area contributed by atoms with Crippen LogP contribution in [-0.2, 0) is 16.8 Å². The molecule has 1 fully saturated rings. The number of amides is 2. The molecule has 178 valence electrons. The van der Waals surface area contributed by atoms with Crippen molar-refractivity contribution in [1.29, 1.82) is 0 Å². The van der Waals surface area contributed by atoms with Crippen LogP contribution in [0.25, 0.3) is 6.08 Å². The summed E-state index contributed by atoms with van der Waals surface area (Å²) in [7, 11) is 0. The van der Waals surface area contributed by atoms with Gasteiger partial charge in [-0.15, -0.1) is 0 Å². The Morgan fingerprint density at radius 2 is 1.66 bits per heavy atom. The minimum Gasteiger partial charge on any atom is -0.488 e. The van der Waals surface area contributed by atoms with Crippen LogP contribution in [0.15, 0.2) is 83.8 Å². The van der Waals surface area contributed by atoms with Gasteiger partial charge in [0.05, 0.1) is 4.91 Å². The summed E-state index contributed by atoms with van der Waals surface area (Å²) < 4.78 is 6.36. The summed E-state index contributed by atoms with van der Waals surface area (Å²) in [5.41, 5.74) is 6.22. The number of nitrogens with zero attached hydrogens (tertiary/aromatic N) is 1. The molecule has 3 aromatic carbocycles. The predicted molar refractivity (Wildman–Crippen MR) is 145 cm³/mol. The molecular weight excluding hydrogens is 476 g/mol. The molecule has 5 nitrogen and oxygen atoms in total. The van der Waals surface area contributed by atoms with Crippen LogP contribution in [0.1, 0.15) is 47.8 Å². The molecule has 2 amide bonds. The van der Waals surface area contributed by atoms with Crippen LogP contribution in [0.4, 0.5) is 0 Å². The van der Waals surface area contributed by atoms with E-state index in [2.05, 4.69) is 50.5 Å². The van der Waals surface area contributed by atoms with E-state index in [0.717, 1.165) is 27.9 Å². The highest BCUT2D eigenvalue weighted by atomic mass is 32.2. The average Bonchev–Trinajstić information content (AvgIpc) is 3.11. The van der Waals surface area contributed by atoms with Crippen molar-refractivity contribution in [3.63, 3.8) is 0 Å². The third-order valence-corrected chi connectivity index (χ3v) is 6.77. The van der Waals surface area contributed by atoms with Gasteiger partial charge >= 0.3 is 0 Å². The van der Waals surface area contributed by atoms with E-state index in [4.69, 9.17) is 17.0 Å². The van der Waals surface area contributed by atoms with Gasteiger partial charge in [0.15, 0.2) is 4.32 Å². The van der Waals surface area contributed by atoms with Crippen molar-refractivity contribution < 1.29 is 14.3 Å². The first kappa shape index (κ1) is 24.7. The Hall–Kier alpha value is -3.42. The minimum atomic E-state index is -0.399. The Morgan fingerprint density at radius 1 is 1.00 bits per heavy atom. The molecule has 0 bridgehead atoms. The summed E-state index contributed by atoms with van der Waals surface area (Å²) in [6.07, 6.45) is 1.74. The number of nitrogens with one attached hydrogen (secondary N) is 1. The third kappa shape index (κ3) is 5.99. The second-order valence-electron chi connectivity index (χ2n) is 9.10. The van der Waals surface area contributed by atoms with Gasteiger partial charge in [-0.05, 0) is 53.0 Å². The van der Waals surface area contributed by atoms with E-state index >= 15 is 0 Å². The first-order valence-electron chi connectivity index (χ1n) is 11.2.